The van der Waals surface area contributed by atoms with Gasteiger partial charge in [0.05, 0.1) is 6.54 Å². The van der Waals surface area contributed by atoms with Gasteiger partial charge in [-0.2, -0.15) is 18.4 Å². The minimum Gasteiger partial charge on any atom is -0.506 e. The molecule has 0 atom stereocenters. The van der Waals surface area contributed by atoms with Gasteiger partial charge in [0.25, 0.3) is 0 Å². The van der Waals surface area contributed by atoms with Crippen molar-refractivity contribution in [3.05, 3.63) is 47.5 Å². The predicted molar refractivity (Wildman–Crippen MR) is 71.1 cm³/mol. The Morgan fingerprint density at radius 3 is 2.90 bits per heavy atom. The highest BCUT2D eigenvalue weighted by Crippen LogP contribution is 2.25. The van der Waals surface area contributed by atoms with Crippen molar-refractivity contribution in [3.63, 3.8) is 0 Å². The molecule has 7 heteroatoms. The Kier molecular flexibility index (Phi) is 4.17. The minimum absolute atomic E-state index is 0.0480. The molecule has 2 rings (SSSR count). The van der Waals surface area contributed by atoms with Crippen LogP contribution in [-0.2, 0) is 0 Å². The quantitative estimate of drug-likeness (QED) is 0.868. The van der Waals surface area contributed by atoms with Crippen LogP contribution in [0.5, 0.6) is 0 Å². The van der Waals surface area contributed by atoms with E-state index in [1.807, 2.05) is 6.07 Å². The van der Waals surface area contributed by atoms with Crippen LogP contribution in [0.25, 0.3) is 0 Å². The van der Waals surface area contributed by atoms with Crippen LogP contribution in [-0.4, -0.2) is 28.6 Å². The average molecular weight is 295 g/mol. The molecular weight excluding hydrogens is 283 g/mol. The monoisotopic (exact) mass is 295 g/mol. The summed E-state index contributed by atoms with van der Waals surface area (Å²) in [5.74, 6) is 0.130. The smallest absolute Gasteiger partial charge is 0.389 e. The van der Waals surface area contributed by atoms with Crippen LogP contribution in [0.1, 0.15) is 12.8 Å². The van der Waals surface area contributed by atoms with Crippen LogP contribution in [0.2, 0.25) is 0 Å². The summed E-state index contributed by atoms with van der Waals surface area (Å²) >= 11 is 0. The van der Waals surface area contributed by atoms with Gasteiger partial charge < -0.3 is 10.0 Å². The van der Waals surface area contributed by atoms with E-state index in [4.69, 9.17) is 5.26 Å². The highest BCUT2D eigenvalue weighted by atomic mass is 19.4. The second-order valence-electron chi connectivity index (χ2n) is 4.41. The minimum atomic E-state index is -4.18. The molecule has 0 saturated heterocycles. The number of hydrogen-bond donors (Lipinski definition) is 1. The van der Waals surface area contributed by atoms with Gasteiger partial charge in [0.15, 0.2) is 5.84 Å². The number of rotatable bonds is 3. The van der Waals surface area contributed by atoms with Gasteiger partial charge in [-0.25, -0.2) is 0 Å². The lowest BCUT2D eigenvalue weighted by Gasteiger charge is -2.28. The van der Waals surface area contributed by atoms with Crippen LogP contribution in [0.4, 0.5) is 13.2 Å². The Hall–Kier alpha value is -2.49. The summed E-state index contributed by atoms with van der Waals surface area (Å²) in [5, 5.41) is 18.6. The van der Waals surface area contributed by atoms with Gasteiger partial charge in [-0.15, -0.1) is 0 Å². The van der Waals surface area contributed by atoms with Gasteiger partial charge in [-0.1, -0.05) is 6.08 Å². The molecule has 0 bridgehead atoms. The van der Waals surface area contributed by atoms with E-state index >= 15 is 0 Å². The summed E-state index contributed by atoms with van der Waals surface area (Å²) < 4.78 is 36.2. The first kappa shape index (κ1) is 14.9. The highest BCUT2D eigenvalue weighted by Gasteiger charge is 2.26. The topological polar surface area (TPSA) is 59.6 Å². The van der Waals surface area contributed by atoms with E-state index in [1.165, 1.54) is 18.4 Å². The number of allylic oxidation sites excluding steroid dienone is 3. The summed E-state index contributed by atoms with van der Waals surface area (Å²) in [6.45, 7) is 0.303. The Balaban J connectivity index is 2.09. The number of amidine groups is 1. The number of halogens is 3. The fourth-order valence-corrected chi connectivity index (χ4v) is 1.93. The fourth-order valence-electron chi connectivity index (χ4n) is 1.93. The average Bonchev–Trinajstić information content (AvgIpc) is 2.42. The van der Waals surface area contributed by atoms with Crippen LogP contribution in [0.3, 0.4) is 0 Å². The zero-order chi connectivity index (χ0) is 15.5. The summed E-state index contributed by atoms with van der Waals surface area (Å²) in [5.41, 5.74) is 0.672. The first-order valence-electron chi connectivity index (χ1n) is 6.21. The third-order valence-corrected chi connectivity index (χ3v) is 2.90. The Bertz CT molecular complexity index is 618. The molecule has 0 aliphatic carbocycles. The van der Waals surface area contributed by atoms with Gasteiger partial charge in [0.2, 0.25) is 0 Å². The van der Waals surface area contributed by atoms with Crippen molar-refractivity contribution >= 4 is 5.84 Å². The molecule has 0 unspecified atom stereocenters. The summed E-state index contributed by atoms with van der Waals surface area (Å²) in [7, 11) is 0. The third-order valence-electron chi connectivity index (χ3n) is 2.90. The number of nitriles is 1. The van der Waals surface area contributed by atoms with E-state index in [2.05, 4.69) is 4.99 Å². The normalized spacial score (nSPS) is 18.5. The number of hydrogen-bond acceptors (Lipinski definition) is 4. The van der Waals surface area contributed by atoms with E-state index in [0.29, 0.717) is 18.1 Å². The second-order valence-corrected chi connectivity index (χ2v) is 4.41. The van der Waals surface area contributed by atoms with Crippen molar-refractivity contribution in [2.24, 2.45) is 4.99 Å². The van der Waals surface area contributed by atoms with Gasteiger partial charge >= 0.3 is 6.18 Å². The number of aliphatic imine (C=N–C) groups is 1. The van der Waals surface area contributed by atoms with Gasteiger partial charge in [0, 0.05) is 18.3 Å². The number of nitrogens with zero attached hydrogens (tertiary/aromatic N) is 3. The molecule has 1 N–H and O–H groups in total. The molecule has 0 aromatic heterocycles. The van der Waals surface area contributed by atoms with Crippen LogP contribution in [0, 0.1) is 11.3 Å². The maximum Gasteiger partial charge on any atom is 0.389 e. The zero-order valence-corrected chi connectivity index (χ0v) is 10.9. The SMILES string of the molecule is N#CC1=C(O)C=CN2C(/C=C/CCC(F)(F)F)=CCN=C12. The lowest BCUT2D eigenvalue weighted by Crippen LogP contribution is -2.31. The highest BCUT2D eigenvalue weighted by molar-refractivity contribution is 6.05. The summed E-state index contributed by atoms with van der Waals surface area (Å²) in [4.78, 5) is 5.69. The van der Waals surface area contributed by atoms with Crippen LogP contribution < -0.4 is 0 Å². The maximum absolute atomic E-state index is 12.1. The molecule has 2 heterocycles. The molecular formula is C14H12F3N3O. The van der Waals surface area contributed by atoms with Crippen molar-refractivity contribution in [1.82, 2.24) is 4.90 Å². The molecule has 2 aliphatic rings. The number of fused-ring (bicyclic) bond motifs is 1. The maximum atomic E-state index is 12.1. The molecule has 0 aromatic rings. The lowest BCUT2D eigenvalue weighted by molar-refractivity contribution is -0.133. The standard InChI is InChI=1S/C14H12F3N3O/c15-14(16,17)6-2-1-3-10-4-7-19-13-11(9-18)12(21)5-8-20(10)13/h1,3-5,8,21H,2,6-7H2/b3-1+. The van der Waals surface area contributed by atoms with E-state index in [0.717, 1.165) is 0 Å². The fraction of sp³-hybridized carbons (Fsp3) is 0.286. The van der Waals surface area contributed by atoms with E-state index in [1.54, 1.807) is 17.1 Å². The van der Waals surface area contributed by atoms with Crippen molar-refractivity contribution in [2.75, 3.05) is 6.54 Å². The summed E-state index contributed by atoms with van der Waals surface area (Å²) in [6.07, 6.45) is 2.42. The molecule has 2 aliphatic heterocycles. The van der Waals surface area contributed by atoms with E-state index in [9.17, 15) is 18.3 Å². The van der Waals surface area contributed by atoms with E-state index < -0.39 is 12.6 Å². The van der Waals surface area contributed by atoms with Crippen LogP contribution in [0.15, 0.2) is 52.5 Å². The molecule has 0 amide bonds. The predicted octanol–water partition coefficient (Wildman–Crippen LogP) is 3.35. The van der Waals surface area contributed by atoms with Crippen molar-refractivity contribution in [3.8, 4) is 6.07 Å². The molecule has 0 saturated carbocycles. The van der Waals surface area contributed by atoms with Crippen molar-refractivity contribution < 1.29 is 18.3 Å². The third kappa shape index (κ3) is 3.54. The largest absolute Gasteiger partial charge is 0.506 e. The Morgan fingerprint density at radius 2 is 2.24 bits per heavy atom. The van der Waals surface area contributed by atoms with Gasteiger partial charge in [0.1, 0.15) is 17.4 Å². The number of aliphatic hydroxyl groups excluding tert-OH is 1. The number of aliphatic hydroxyl groups is 1. The molecule has 4 nitrogen and oxygen atoms in total. The summed E-state index contributed by atoms with van der Waals surface area (Å²) in [6, 6.07) is 1.87. The van der Waals surface area contributed by atoms with Crippen molar-refractivity contribution in [1.29, 1.82) is 5.26 Å². The Labute approximate surface area is 119 Å². The first-order chi connectivity index (χ1) is 9.92. The van der Waals surface area contributed by atoms with Crippen molar-refractivity contribution in [2.45, 2.75) is 19.0 Å². The van der Waals surface area contributed by atoms with Gasteiger partial charge in [-0.3, -0.25) is 4.99 Å². The molecule has 110 valence electrons. The van der Waals surface area contributed by atoms with Crippen LogP contribution >= 0.6 is 0 Å². The second kappa shape index (κ2) is 5.87. The lowest BCUT2D eigenvalue weighted by atomic mass is 10.1. The van der Waals surface area contributed by atoms with Gasteiger partial charge in [-0.05, 0) is 24.6 Å². The molecule has 21 heavy (non-hydrogen) atoms. The van der Waals surface area contributed by atoms with E-state index in [-0.39, 0.29) is 17.8 Å². The Morgan fingerprint density at radius 1 is 1.48 bits per heavy atom. The first-order valence-corrected chi connectivity index (χ1v) is 6.21. The zero-order valence-electron chi connectivity index (χ0n) is 10.9. The molecule has 0 fully saturated rings. The molecule has 0 radical (unpaired) electrons. The molecule has 0 aromatic carbocycles. The number of alkyl halides is 3. The molecule has 0 spiro atoms.